The van der Waals surface area contributed by atoms with Gasteiger partial charge in [-0.1, -0.05) is 24.9 Å². The van der Waals surface area contributed by atoms with Crippen molar-refractivity contribution in [2.75, 3.05) is 0 Å². The van der Waals surface area contributed by atoms with Gasteiger partial charge in [-0.05, 0) is 49.8 Å². The minimum Gasteiger partial charge on any atom is -0.489 e. The Balaban J connectivity index is 2.21. The zero-order valence-corrected chi connectivity index (χ0v) is 11.8. The molecule has 104 valence electrons. The zero-order chi connectivity index (χ0) is 13.8. The van der Waals surface area contributed by atoms with E-state index in [0.717, 1.165) is 25.7 Å². The molecular formula is C15H19ClO3. The first-order valence-electron chi connectivity index (χ1n) is 6.81. The molecule has 4 heteroatoms. The third-order valence-electron chi connectivity index (χ3n) is 3.82. The van der Waals surface area contributed by atoms with Gasteiger partial charge in [-0.2, -0.15) is 0 Å². The summed E-state index contributed by atoms with van der Waals surface area (Å²) in [6, 6.07) is 4.69. The Morgan fingerprint density at radius 3 is 2.84 bits per heavy atom. The second kappa shape index (κ2) is 6.29. The summed E-state index contributed by atoms with van der Waals surface area (Å²) in [5, 5.41) is 9.69. The third kappa shape index (κ3) is 3.41. The maximum absolute atomic E-state index is 11.2. The fourth-order valence-electron chi connectivity index (χ4n) is 2.73. The van der Waals surface area contributed by atoms with Crippen LogP contribution in [-0.4, -0.2) is 17.2 Å². The summed E-state index contributed by atoms with van der Waals surface area (Å²) in [6.45, 7) is 2.16. The quantitative estimate of drug-likeness (QED) is 0.891. The van der Waals surface area contributed by atoms with Gasteiger partial charge in [-0.3, -0.25) is 0 Å². The summed E-state index contributed by atoms with van der Waals surface area (Å²) in [4.78, 5) is 11.2. The van der Waals surface area contributed by atoms with E-state index in [0.29, 0.717) is 16.7 Å². The number of ether oxygens (including phenoxy) is 1. The number of carboxylic acid groups (broad SMARTS) is 1. The van der Waals surface area contributed by atoms with Crippen LogP contribution in [0.15, 0.2) is 18.2 Å². The molecule has 0 heterocycles. The van der Waals surface area contributed by atoms with Gasteiger partial charge in [0.15, 0.2) is 0 Å². The molecule has 1 aliphatic carbocycles. The lowest BCUT2D eigenvalue weighted by Gasteiger charge is -2.31. The molecule has 1 saturated carbocycles. The van der Waals surface area contributed by atoms with Gasteiger partial charge < -0.3 is 9.84 Å². The van der Waals surface area contributed by atoms with Crippen molar-refractivity contribution in [2.45, 2.75) is 45.1 Å². The highest BCUT2D eigenvalue weighted by Crippen LogP contribution is 2.32. The number of aromatic carboxylic acids is 1. The first-order valence-corrected chi connectivity index (χ1v) is 7.19. The highest BCUT2D eigenvalue weighted by Gasteiger charge is 2.26. The van der Waals surface area contributed by atoms with Crippen molar-refractivity contribution < 1.29 is 14.6 Å². The Labute approximate surface area is 118 Å². The molecule has 0 aromatic heterocycles. The molecule has 3 nitrogen and oxygen atoms in total. The molecule has 0 amide bonds. The molecule has 0 aliphatic heterocycles. The van der Waals surface area contributed by atoms with Crippen molar-refractivity contribution in [1.82, 2.24) is 0 Å². The van der Waals surface area contributed by atoms with Crippen molar-refractivity contribution in [3.8, 4) is 5.75 Å². The molecule has 0 saturated heterocycles. The topological polar surface area (TPSA) is 46.5 Å². The summed E-state index contributed by atoms with van der Waals surface area (Å²) in [5.41, 5.74) is 0.185. The molecule has 1 N–H and O–H groups in total. The van der Waals surface area contributed by atoms with E-state index >= 15 is 0 Å². The highest BCUT2D eigenvalue weighted by atomic mass is 35.5. The Hall–Kier alpha value is -1.22. The van der Waals surface area contributed by atoms with Crippen molar-refractivity contribution in [3.05, 3.63) is 28.8 Å². The molecule has 2 unspecified atom stereocenters. The van der Waals surface area contributed by atoms with Crippen LogP contribution in [0.2, 0.25) is 5.02 Å². The lowest BCUT2D eigenvalue weighted by Crippen LogP contribution is -2.30. The standard InChI is InChI=1S/C15H19ClO3/c1-2-10-5-3-4-6-13(10)19-14-9-11(16)7-8-12(14)15(17)18/h7-10,13H,2-6H2,1H3,(H,17,18). The van der Waals surface area contributed by atoms with Crippen LogP contribution in [0.3, 0.4) is 0 Å². The largest absolute Gasteiger partial charge is 0.489 e. The molecule has 0 radical (unpaired) electrons. The number of hydrogen-bond donors (Lipinski definition) is 1. The number of halogens is 1. The maximum Gasteiger partial charge on any atom is 0.339 e. The van der Waals surface area contributed by atoms with Crippen molar-refractivity contribution in [3.63, 3.8) is 0 Å². The average Bonchev–Trinajstić information content (AvgIpc) is 2.39. The Bertz CT molecular complexity index is 459. The van der Waals surface area contributed by atoms with E-state index in [9.17, 15) is 9.90 Å². The van der Waals surface area contributed by atoms with Crippen LogP contribution in [-0.2, 0) is 0 Å². The number of carboxylic acids is 1. The minimum absolute atomic E-state index is 0.107. The summed E-state index contributed by atoms with van der Waals surface area (Å²) in [7, 11) is 0. The predicted molar refractivity (Wildman–Crippen MR) is 75.1 cm³/mol. The van der Waals surface area contributed by atoms with Crippen LogP contribution in [0.4, 0.5) is 0 Å². The smallest absolute Gasteiger partial charge is 0.339 e. The lowest BCUT2D eigenvalue weighted by molar-refractivity contribution is 0.0664. The molecular weight excluding hydrogens is 264 g/mol. The molecule has 2 atom stereocenters. The second-order valence-electron chi connectivity index (χ2n) is 5.05. The second-order valence-corrected chi connectivity index (χ2v) is 5.49. The van der Waals surface area contributed by atoms with Crippen LogP contribution in [0, 0.1) is 5.92 Å². The first-order chi connectivity index (χ1) is 9.11. The fraction of sp³-hybridized carbons (Fsp3) is 0.533. The predicted octanol–water partition coefficient (Wildman–Crippen LogP) is 4.39. The number of hydrogen-bond acceptors (Lipinski definition) is 2. The summed E-state index contributed by atoms with van der Waals surface area (Å²) >= 11 is 5.94. The Morgan fingerprint density at radius 1 is 1.42 bits per heavy atom. The van der Waals surface area contributed by atoms with Crippen molar-refractivity contribution in [2.24, 2.45) is 5.92 Å². The maximum atomic E-state index is 11.2. The molecule has 19 heavy (non-hydrogen) atoms. The fourth-order valence-corrected chi connectivity index (χ4v) is 2.89. The van der Waals surface area contributed by atoms with Crippen LogP contribution >= 0.6 is 11.6 Å². The van der Waals surface area contributed by atoms with E-state index < -0.39 is 5.97 Å². The lowest BCUT2D eigenvalue weighted by atomic mass is 9.84. The molecule has 0 spiro atoms. The van der Waals surface area contributed by atoms with Gasteiger partial charge in [0.2, 0.25) is 0 Å². The zero-order valence-electron chi connectivity index (χ0n) is 11.1. The molecule has 1 aliphatic rings. The molecule has 1 aromatic rings. The molecule has 1 aromatic carbocycles. The van der Waals surface area contributed by atoms with Gasteiger partial charge in [0.1, 0.15) is 17.4 Å². The van der Waals surface area contributed by atoms with E-state index in [1.165, 1.54) is 12.5 Å². The van der Waals surface area contributed by atoms with Gasteiger partial charge in [0, 0.05) is 5.02 Å². The number of benzene rings is 1. The average molecular weight is 283 g/mol. The first kappa shape index (κ1) is 14.2. The third-order valence-corrected chi connectivity index (χ3v) is 4.05. The van der Waals surface area contributed by atoms with E-state index in [-0.39, 0.29) is 11.7 Å². The number of carbonyl (C=O) groups is 1. The van der Waals surface area contributed by atoms with Gasteiger partial charge in [-0.25, -0.2) is 4.79 Å². The van der Waals surface area contributed by atoms with Gasteiger partial charge in [0.25, 0.3) is 0 Å². The SMILES string of the molecule is CCC1CCCCC1Oc1cc(Cl)ccc1C(=O)O. The summed E-state index contributed by atoms with van der Waals surface area (Å²) < 4.78 is 5.97. The normalized spacial score (nSPS) is 23.1. The molecule has 2 rings (SSSR count). The molecule has 1 fully saturated rings. The van der Waals surface area contributed by atoms with E-state index in [1.807, 2.05) is 0 Å². The van der Waals surface area contributed by atoms with Crippen LogP contribution in [0.5, 0.6) is 5.75 Å². The van der Waals surface area contributed by atoms with Crippen molar-refractivity contribution >= 4 is 17.6 Å². The van der Waals surface area contributed by atoms with Crippen molar-refractivity contribution in [1.29, 1.82) is 0 Å². The summed E-state index contributed by atoms with van der Waals surface area (Å²) in [5.74, 6) is -0.0738. The Kier molecular flexibility index (Phi) is 4.70. The number of rotatable bonds is 4. The van der Waals surface area contributed by atoms with Crippen LogP contribution < -0.4 is 4.74 Å². The van der Waals surface area contributed by atoms with Gasteiger partial charge in [0.05, 0.1) is 0 Å². The Morgan fingerprint density at radius 2 is 2.16 bits per heavy atom. The van der Waals surface area contributed by atoms with E-state index in [2.05, 4.69) is 6.92 Å². The van der Waals surface area contributed by atoms with Crippen LogP contribution in [0.25, 0.3) is 0 Å². The highest BCUT2D eigenvalue weighted by molar-refractivity contribution is 6.30. The molecule has 0 bridgehead atoms. The van der Waals surface area contributed by atoms with E-state index in [4.69, 9.17) is 16.3 Å². The van der Waals surface area contributed by atoms with Crippen LogP contribution in [0.1, 0.15) is 49.4 Å². The van der Waals surface area contributed by atoms with E-state index in [1.54, 1.807) is 12.1 Å². The van der Waals surface area contributed by atoms with Gasteiger partial charge >= 0.3 is 5.97 Å². The van der Waals surface area contributed by atoms with Gasteiger partial charge in [-0.15, -0.1) is 0 Å². The monoisotopic (exact) mass is 282 g/mol. The summed E-state index contributed by atoms with van der Waals surface area (Å²) in [6.07, 6.45) is 5.70. The minimum atomic E-state index is -0.976.